The van der Waals surface area contributed by atoms with E-state index in [9.17, 15) is 13.6 Å². The van der Waals surface area contributed by atoms with Gasteiger partial charge in [0.2, 0.25) is 0 Å². The van der Waals surface area contributed by atoms with Crippen molar-refractivity contribution in [3.63, 3.8) is 0 Å². The van der Waals surface area contributed by atoms with Crippen LogP contribution in [0.4, 0.5) is 8.78 Å². The summed E-state index contributed by atoms with van der Waals surface area (Å²) in [6, 6.07) is 5.19. The highest BCUT2D eigenvalue weighted by Crippen LogP contribution is 2.13. The van der Waals surface area contributed by atoms with Gasteiger partial charge >= 0.3 is 0 Å². The number of rotatable bonds is 4. The molecule has 0 unspecified atom stereocenters. The van der Waals surface area contributed by atoms with Crippen molar-refractivity contribution in [3.05, 3.63) is 34.9 Å². The van der Waals surface area contributed by atoms with Gasteiger partial charge < -0.3 is 11.1 Å². The third kappa shape index (κ3) is 3.49. The molecule has 0 bridgehead atoms. The van der Waals surface area contributed by atoms with E-state index < -0.39 is 24.9 Å². The van der Waals surface area contributed by atoms with Gasteiger partial charge in [0.25, 0.3) is 11.8 Å². The average molecular weight is 242 g/mol. The predicted octanol–water partition coefficient (Wildman–Crippen LogP) is 1.63. The predicted molar refractivity (Wildman–Crippen MR) is 62.3 cm³/mol. The zero-order chi connectivity index (χ0) is 13.1. The molecule has 0 radical (unpaired) electrons. The second kappa shape index (κ2) is 5.23. The van der Waals surface area contributed by atoms with Crippen LogP contribution in [0, 0.1) is 13.8 Å². The van der Waals surface area contributed by atoms with Crippen molar-refractivity contribution in [2.75, 3.05) is 13.1 Å². The van der Waals surface area contributed by atoms with Gasteiger partial charge in [0.05, 0.1) is 13.1 Å². The Morgan fingerprint density at radius 2 is 2.06 bits per heavy atom. The lowest BCUT2D eigenvalue weighted by Gasteiger charge is -2.15. The van der Waals surface area contributed by atoms with Crippen molar-refractivity contribution in [2.24, 2.45) is 5.73 Å². The summed E-state index contributed by atoms with van der Waals surface area (Å²) in [5.41, 5.74) is 7.04. The van der Waals surface area contributed by atoms with E-state index in [1.165, 1.54) is 0 Å². The van der Waals surface area contributed by atoms with Crippen LogP contribution in [0.25, 0.3) is 0 Å². The van der Waals surface area contributed by atoms with E-state index >= 15 is 0 Å². The minimum atomic E-state index is -3.06. The molecule has 0 saturated carbocycles. The maximum absolute atomic E-state index is 12.9. The van der Waals surface area contributed by atoms with Gasteiger partial charge in [-0.3, -0.25) is 4.79 Å². The molecule has 0 aromatic heterocycles. The number of aryl methyl sites for hydroxylation is 1. The topological polar surface area (TPSA) is 55.1 Å². The summed E-state index contributed by atoms with van der Waals surface area (Å²) in [6.07, 6.45) is 0. The Morgan fingerprint density at radius 1 is 1.41 bits per heavy atom. The maximum Gasteiger partial charge on any atom is 0.277 e. The molecule has 0 saturated heterocycles. The van der Waals surface area contributed by atoms with E-state index in [2.05, 4.69) is 5.32 Å². The van der Waals surface area contributed by atoms with Crippen molar-refractivity contribution in [3.8, 4) is 0 Å². The zero-order valence-corrected chi connectivity index (χ0v) is 9.89. The normalized spacial score (nSPS) is 11.4. The number of alkyl halides is 2. The minimum Gasteiger partial charge on any atom is -0.346 e. The molecule has 17 heavy (non-hydrogen) atoms. The van der Waals surface area contributed by atoms with Gasteiger partial charge in [0, 0.05) is 5.56 Å². The molecule has 0 aliphatic carbocycles. The Hall–Kier alpha value is -1.49. The Balaban J connectivity index is 2.74. The van der Waals surface area contributed by atoms with Crippen LogP contribution >= 0.6 is 0 Å². The third-order valence-corrected chi connectivity index (χ3v) is 2.66. The summed E-state index contributed by atoms with van der Waals surface area (Å²) in [7, 11) is 0. The largest absolute Gasteiger partial charge is 0.346 e. The van der Waals surface area contributed by atoms with E-state index in [1.54, 1.807) is 19.1 Å². The van der Waals surface area contributed by atoms with Gasteiger partial charge in [-0.2, -0.15) is 0 Å². The first kappa shape index (κ1) is 13.6. The quantitative estimate of drug-likeness (QED) is 0.843. The Morgan fingerprint density at radius 3 is 2.65 bits per heavy atom. The highest BCUT2D eigenvalue weighted by Gasteiger charge is 2.27. The molecule has 1 rings (SSSR count). The van der Waals surface area contributed by atoms with Crippen LogP contribution in [0.3, 0.4) is 0 Å². The molecule has 0 fully saturated rings. The first-order chi connectivity index (χ1) is 7.87. The zero-order valence-electron chi connectivity index (χ0n) is 9.89. The molecule has 3 nitrogen and oxygen atoms in total. The van der Waals surface area contributed by atoms with Crippen molar-refractivity contribution < 1.29 is 13.6 Å². The van der Waals surface area contributed by atoms with E-state index in [1.807, 2.05) is 13.0 Å². The molecule has 3 N–H and O–H groups in total. The molecular weight excluding hydrogens is 226 g/mol. The van der Waals surface area contributed by atoms with Gasteiger partial charge in [-0.25, -0.2) is 8.78 Å². The minimum absolute atomic E-state index is 0.415. The molecule has 1 aromatic carbocycles. The second-order valence-corrected chi connectivity index (χ2v) is 3.99. The summed E-state index contributed by atoms with van der Waals surface area (Å²) in [4.78, 5) is 11.7. The van der Waals surface area contributed by atoms with Crippen LogP contribution in [0.2, 0.25) is 0 Å². The van der Waals surface area contributed by atoms with Gasteiger partial charge in [0.15, 0.2) is 0 Å². The summed E-state index contributed by atoms with van der Waals surface area (Å²) in [5.74, 6) is -3.56. The summed E-state index contributed by atoms with van der Waals surface area (Å²) >= 11 is 0. The number of nitrogens with two attached hydrogens (primary N) is 1. The highest BCUT2D eigenvalue weighted by atomic mass is 19.3. The summed E-state index contributed by atoms with van der Waals surface area (Å²) in [5, 5.41) is 2.19. The van der Waals surface area contributed by atoms with Gasteiger partial charge in [-0.1, -0.05) is 12.1 Å². The maximum atomic E-state index is 12.9. The average Bonchev–Trinajstić information content (AvgIpc) is 2.30. The SMILES string of the molecule is Cc1cccc(C(=O)NCC(F)(F)CN)c1C. The van der Waals surface area contributed by atoms with Crippen LogP contribution < -0.4 is 11.1 Å². The first-order valence-corrected chi connectivity index (χ1v) is 5.30. The molecule has 1 amide bonds. The molecule has 0 spiro atoms. The fraction of sp³-hybridized carbons (Fsp3) is 0.417. The number of amides is 1. The van der Waals surface area contributed by atoms with E-state index in [0.29, 0.717) is 5.56 Å². The lowest BCUT2D eigenvalue weighted by molar-refractivity contribution is 0.0118. The Kier molecular flexibility index (Phi) is 4.17. The third-order valence-electron chi connectivity index (χ3n) is 2.66. The van der Waals surface area contributed by atoms with Crippen LogP contribution in [-0.2, 0) is 0 Å². The summed E-state index contributed by atoms with van der Waals surface area (Å²) < 4.78 is 25.7. The molecule has 0 aliphatic heterocycles. The van der Waals surface area contributed by atoms with Gasteiger partial charge in [-0.05, 0) is 31.0 Å². The van der Waals surface area contributed by atoms with Crippen molar-refractivity contribution in [1.82, 2.24) is 5.32 Å². The lowest BCUT2D eigenvalue weighted by atomic mass is 10.0. The second-order valence-electron chi connectivity index (χ2n) is 3.99. The number of nitrogens with one attached hydrogen (secondary N) is 1. The number of carbonyl (C=O) groups excluding carboxylic acids is 1. The highest BCUT2D eigenvalue weighted by molar-refractivity contribution is 5.95. The van der Waals surface area contributed by atoms with E-state index in [4.69, 9.17) is 5.73 Å². The fourth-order valence-corrected chi connectivity index (χ4v) is 1.37. The van der Waals surface area contributed by atoms with Crippen LogP contribution in [-0.4, -0.2) is 24.9 Å². The smallest absolute Gasteiger partial charge is 0.277 e. The van der Waals surface area contributed by atoms with Gasteiger partial charge in [-0.15, -0.1) is 0 Å². The van der Waals surface area contributed by atoms with E-state index in [-0.39, 0.29) is 0 Å². The molecule has 1 aromatic rings. The summed E-state index contributed by atoms with van der Waals surface area (Å²) in [6.45, 7) is 2.13. The Bertz CT molecular complexity index is 419. The molecule has 0 aliphatic rings. The van der Waals surface area contributed by atoms with E-state index in [0.717, 1.165) is 11.1 Å². The van der Waals surface area contributed by atoms with Crippen molar-refractivity contribution in [1.29, 1.82) is 0 Å². The fourth-order valence-electron chi connectivity index (χ4n) is 1.37. The van der Waals surface area contributed by atoms with Crippen molar-refractivity contribution >= 4 is 5.91 Å². The lowest BCUT2D eigenvalue weighted by Crippen LogP contribution is -2.41. The number of carbonyl (C=O) groups is 1. The van der Waals surface area contributed by atoms with Crippen LogP contribution in [0.1, 0.15) is 21.5 Å². The van der Waals surface area contributed by atoms with Crippen molar-refractivity contribution in [2.45, 2.75) is 19.8 Å². The van der Waals surface area contributed by atoms with Gasteiger partial charge in [0.1, 0.15) is 0 Å². The Labute approximate surface area is 99.0 Å². The molecule has 0 atom stereocenters. The van der Waals surface area contributed by atoms with Crippen LogP contribution in [0.15, 0.2) is 18.2 Å². The molecular formula is C12H16F2N2O. The molecule has 0 heterocycles. The first-order valence-electron chi connectivity index (χ1n) is 5.30. The molecule has 94 valence electrons. The number of hydrogen-bond acceptors (Lipinski definition) is 2. The number of benzene rings is 1. The molecule has 5 heteroatoms. The monoisotopic (exact) mass is 242 g/mol. The standard InChI is InChI=1S/C12H16F2N2O/c1-8-4-3-5-10(9(8)2)11(17)16-7-12(13,14)6-15/h3-5H,6-7,15H2,1-2H3,(H,16,17). The van der Waals surface area contributed by atoms with Crippen LogP contribution in [0.5, 0.6) is 0 Å². The number of hydrogen-bond donors (Lipinski definition) is 2. The number of halogens is 2.